The lowest BCUT2D eigenvalue weighted by molar-refractivity contribution is 0.569. The molecule has 0 saturated carbocycles. The van der Waals surface area contributed by atoms with E-state index in [0.29, 0.717) is 6.42 Å². The van der Waals surface area contributed by atoms with Gasteiger partial charge in [-0.05, 0) is 19.1 Å². The van der Waals surface area contributed by atoms with Crippen molar-refractivity contribution >= 4 is 0 Å². The molecule has 0 aromatic carbocycles. The summed E-state index contributed by atoms with van der Waals surface area (Å²) in [7, 11) is 0. The maximum absolute atomic E-state index is 13.1. The van der Waals surface area contributed by atoms with Gasteiger partial charge >= 0.3 is 0 Å². The molecule has 0 aliphatic rings. The van der Waals surface area contributed by atoms with Gasteiger partial charge in [0.15, 0.2) is 0 Å². The standard InChI is InChI=1S/C10H11FN2/c1-2-3-6-9(12)10-8(11)5-4-7-13-10/h4-5,7,9H,6,12H2,1H3. The summed E-state index contributed by atoms with van der Waals surface area (Å²) in [6.07, 6.45) is 1.96. The zero-order chi connectivity index (χ0) is 9.68. The van der Waals surface area contributed by atoms with Crippen LogP contribution >= 0.6 is 0 Å². The molecule has 0 aliphatic heterocycles. The minimum absolute atomic E-state index is 0.283. The van der Waals surface area contributed by atoms with E-state index in [1.807, 2.05) is 0 Å². The lowest BCUT2D eigenvalue weighted by Crippen LogP contribution is -2.13. The van der Waals surface area contributed by atoms with Crippen molar-refractivity contribution in [1.82, 2.24) is 4.98 Å². The highest BCUT2D eigenvalue weighted by molar-refractivity contribution is 5.13. The molecule has 13 heavy (non-hydrogen) atoms. The highest BCUT2D eigenvalue weighted by atomic mass is 19.1. The van der Waals surface area contributed by atoms with Crippen LogP contribution in [0.5, 0.6) is 0 Å². The van der Waals surface area contributed by atoms with Gasteiger partial charge in [-0.1, -0.05) is 0 Å². The smallest absolute Gasteiger partial charge is 0.146 e. The number of aromatic nitrogens is 1. The Hall–Kier alpha value is -1.40. The number of hydrogen-bond acceptors (Lipinski definition) is 2. The summed E-state index contributed by atoms with van der Waals surface area (Å²) in [6.45, 7) is 1.72. The van der Waals surface area contributed by atoms with Crippen molar-refractivity contribution in [2.75, 3.05) is 0 Å². The number of pyridine rings is 1. The molecular formula is C10H11FN2. The molecule has 1 unspecified atom stereocenters. The monoisotopic (exact) mass is 178 g/mol. The zero-order valence-electron chi connectivity index (χ0n) is 7.42. The van der Waals surface area contributed by atoms with E-state index in [1.54, 1.807) is 6.92 Å². The SMILES string of the molecule is CC#CCC(N)c1ncccc1F. The molecule has 1 atom stereocenters. The summed E-state index contributed by atoms with van der Waals surface area (Å²) in [5.74, 6) is 5.13. The maximum Gasteiger partial charge on any atom is 0.146 e. The first kappa shape index (κ1) is 9.69. The van der Waals surface area contributed by atoms with Gasteiger partial charge in [-0.15, -0.1) is 11.8 Å². The van der Waals surface area contributed by atoms with Gasteiger partial charge in [0.25, 0.3) is 0 Å². The van der Waals surface area contributed by atoms with Crippen molar-refractivity contribution in [3.63, 3.8) is 0 Å². The number of nitrogens with two attached hydrogens (primary N) is 1. The summed E-state index contributed by atoms with van der Waals surface area (Å²) < 4.78 is 13.1. The van der Waals surface area contributed by atoms with Crippen LogP contribution in [0.25, 0.3) is 0 Å². The van der Waals surface area contributed by atoms with E-state index in [-0.39, 0.29) is 11.5 Å². The predicted molar refractivity (Wildman–Crippen MR) is 49.2 cm³/mol. The minimum Gasteiger partial charge on any atom is -0.322 e. The van der Waals surface area contributed by atoms with Crippen molar-refractivity contribution in [2.24, 2.45) is 5.73 Å². The Balaban J connectivity index is 2.80. The van der Waals surface area contributed by atoms with Crippen LogP contribution in [0.2, 0.25) is 0 Å². The van der Waals surface area contributed by atoms with Crippen molar-refractivity contribution in [2.45, 2.75) is 19.4 Å². The number of halogens is 1. The first-order valence-corrected chi connectivity index (χ1v) is 4.01. The Morgan fingerprint density at radius 3 is 3.08 bits per heavy atom. The van der Waals surface area contributed by atoms with Gasteiger partial charge in [0.1, 0.15) is 5.82 Å². The first-order valence-electron chi connectivity index (χ1n) is 4.01. The van der Waals surface area contributed by atoms with E-state index in [9.17, 15) is 4.39 Å². The lowest BCUT2D eigenvalue weighted by Gasteiger charge is -2.07. The molecule has 0 saturated heterocycles. The van der Waals surface area contributed by atoms with E-state index in [0.717, 1.165) is 0 Å². The third-order valence-electron chi connectivity index (χ3n) is 1.64. The van der Waals surface area contributed by atoms with Crippen molar-refractivity contribution in [1.29, 1.82) is 0 Å². The number of rotatable bonds is 2. The average Bonchev–Trinajstić information content (AvgIpc) is 2.15. The molecule has 3 heteroatoms. The van der Waals surface area contributed by atoms with Gasteiger partial charge in [-0.3, -0.25) is 4.98 Å². The molecule has 0 radical (unpaired) electrons. The number of nitrogens with zero attached hydrogens (tertiary/aromatic N) is 1. The van der Waals surface area contributed by atoms with Gasteiger partial charge in [0.2, 0.25) is 0 Å². The molecule has 1 rings (SSSR count). The van der Waals surface area contributed by atoms with Crippen LogP contribution < -0.4 is 5.73 Å². The fourth-order valence-electron chi connectivity index (χ4n) is 0.979. The summed E-state index contributed by atoms with van der Waals surface area (Å²) in [5, 5.41) is 0. The van der Waals surface area contributed by atoms with Crippen LogP contribution in [0, 0.1) is 17.7 Å². The summed E-state index contributed by atoms with van der Waals surface area (Å²) in [5.41, 5.74) is 5.96. The van der Waals surface area contributed by atoms with Gasteiger partial charge in [-0.2, -0.15) is 0 Å². The predicted octanol–water partition coefficient (Wildman–Crippen LogP) is 1.63. The molecule has 2 nitrogen and oxygen atoms in total. The molecule has 1 heterocycles. The second-order valence-corrected chi connectivity index (χ2v) is 2.61. The number of hydrogen-bond donors (Lipinski definition) is 1. The average molecular weight is 178 g/mol. The van der Waals surface area contributed by atoms with Gasteiger partial charge in [0.05, 0.1) is 11.7 Å². The van der Waals surface area contributed by atoms with Crippen molar-refractivity contribution < 1.29 is 4.39 Å². The second kappa shape index (κ2) is 4.58. The maximum atomic E-state index is 13.1. The first-order chi connectivity index (χ1) is 6.25. The van der Waals surface area contributed by atoms with Crippen LogP contribution in [0.1, 0.15) is 25.1 Å². The van der Waals surface area contributed by atoms with Gasteiger partial charge in [-0.25, -0.2) is 4.39 Å². The van der Waals surface area contributed by atoms with Crippen molar-refractivity contribution in [3.05, 3.63) is 29.8 Å². The Morgan fingerprint density at radius 2 is 2.46 bits per heavy atom. The van der Waals surface area contributed by atoms with Crippen LogP contribution in [0.3, 0.4) is 0 Å². The molecule has 1 aromatic rings. The van der Waals surface area contributed by atoms with E-state index in [4.69, 9.17) is 5.73 Å². The third-order valence-corrected chi connectivity index (χ3v) is 1.64. The van der Waals surface area contributed by atoms with Crippen LogP contribution in [0.15, 0.2) is 18.3 Å². The van der Waals surface area contributed by atoms with E-state index in [2.05, 4.69) is 16.8 Å². The van der Waals surface area contributed by atoms with Gasteiger partial charge in [0, 0.05) is 12.6 Å². The zero-order valence-corrected chi connectivity index (χ0v) is 7.42. The molecule has 0 fully saturated rings. The molecule has 68 valence electrons. The quantitative estimate of drug-likeness (QED) is 0.699. The molecule has 1 aromatic heterocycles. The summed E-state index contributed by atoms with van der Waals surface area (Å²) in [6, 6.07) is 2.45. The molecule has 2 N–H and O–H groups in total. The van der Waals surface area contributed by atoms with E-state index in [1.165, 1.54) is 18.3 Å². The highest BCUT2D eigenvalue weighted by Gasteiger charge is 2.10. The van der Waals surface area contributed by atoms with E-state index < -0.39 is 6.04 Å². The molecule has 0 bridgehead atoms. The van der Waals surface area contributed by atoms with Crippen LogP contribution in [0.4, 0.5) is 4.39 Å². The van der Waals surface area contributed by atoms with Crippen LogP contribution in [-0.2, 0) is 0 Å². The Bertz CT molecular complexity index is 338. The Labute approximate surface area is 77.0 Å². The van der Waals surface area contributed by atoms with Gasteiger partial charge < -0.3 is 5.73 Å². The second-order valence-electron chi connectivity index (χ2n) is 2.61. The van der Waals surface area contributed by atoms with Crippen molar-refractivity contribution in [3.8, 4) is 11.8 Å². The summed E-state index contributed by atoms with van der Waals surface area (Å²) in [4.78, 5) is 3.86. The minimum atomic E-state index is -0.436. The Kier molecular flexibility index (Phi) is 3.41. The van der Waals surface area contributed by atoms with Crippen LogP contribution in [-0.4, -0.2) is 4.98 Å². The topological polar surface area (TPSA) is 38.9 Å². The molecular weight excluding hydrogens is 167 g/mol. The fourth-order valence-corrected chi connectivity index (χ4v) is 0.979. The largest absolute Gasteiger partial charge is 0.322 e. The molecule has 0 amide bonds. The normalized spacial score (nSPS) is 11.6. The van der Waals surface area contributed by atoms with E-state index >= 15 is 0 Å². The third kappa shape index (κ3) is 2.53. The summed E-state index contributed by atoms with van der Waals surface area (Å²) >= 11 is 0. The molecule has 0 spiro atoms. The highest BCUT2D eigenvalue weighted by Crippen LogP contribution is 2.13. The lowest BCUT2D eigenvalue weighted by atomic mass is 10.1. The fraction of sp³-hybridized carbons (Fsp3) is 0.300. The Morgan fingerprint density at radius 1 is 1.69 bits per heavy atom. The molecule has 0 aliphatic carbocycles.